The van der Waals surface area contributed by atoms with Gasteiger partial charge in [0.1, 0.15) is 5.92 Å². The molecule has 0 saturated carbocycles. The predicted octanol–water partition coefficient (Wildman–Crippen LogP) is 3.38. The Morgan fingerprint density at radius 3 is 2.18 bits per heavy atom. The van der Waals surface area contributed by atoms with Crippen molar-refractivity contribution in [2.75, 3.05) is 6.61 Å². The first-order valence-corrected chi connectivity index (χ1v) is 10.9. The van der Waals surface area contributed by atoms with E-state index in [-0.39, 0.29) is 12.3 Å². The van der Waals surface area contributed by atoms with Crippen molar-refractivity contribution in [3.63, 3.8) is 0 Å². The lowest BCUT2D eigenvalue weighted by Gasteiger charge is -2.30. The number of Topliss-reactive ketones (excluding diaryl/α,β-unsaturated/α-hetero) is 1. The Kier molecular flexibility index (Phi) is 7.52. The Balaban J connectivity index is 2.48. The van der Waals surface area contributed by atoms with Crippen LogP contribution >= 0.6 is 7.60 Å². The quantitative estimate of drug-likeness (QED) is 0.378. The zero-order chi connectivity index (χ0) is 20.9. The molecule has 154 valence electrons. The molecule has 1 aliphatic rings. The second-order valence-corrected chi connectivity index (χ2v) is 8.91. The fraction of sp³-hybridized carbons (Fsp3) is 0.526. The SMILES string of the molecule is CCOC(=O)C1=NN[C@@H](P(=O)(OC(C)C)OC(C)C)[C@@H]1C(=O)c1ccccc1. The molecule has 1 aliphatic heterocycles. The van der Waals surface area contributed by atoms with E-state index in [1.54, 1.807) is 65.0 Å². The molecular weight excluding hydrogens is 383 g/mol. The Hall–Kier alpha value is -2.02. The summed E-state index contributed by atoms with van der Waals surface area (Å²) >= 11 is 0. The third kappa shape index (κ3) is 5.07. The van der Waals surface area contributed by atoms with Gasteiger partial charge in [0.25, 0.3) is 0 Å². The molecule has 1 heterocycles. The van der Waals surface area contributed by atoms with Crippen LogP contribution in [-0.4, -0.2) is 42.1 Å². The van der Waals surface area contributed by atoms with Crippen LogP contribution in [-0.2, 0) is 23.1 Å². The van der Waals surface area contributed by atoms with E-state index in [4.69, 9.17) is 13.8 Å². The highest BCUT2D eigenvalue weighted by Gasteiger charge is 2.53. The molecule has 0 bridgehead atoms. The van der Waals surface area contributed by atoms with Gasteiger partial charge in [0.15, 0.2) is 17.3 Å². The molecule has 0 saturated heterocycles. The van der Waals surface area contributed by atoms with Gasteiger partial charge >= 0.3 is 13.6 Å². The third-order valence-corrected chi connectivity index (χ3v) is 6.34. The molecule has 1 N–H and O–H groups in total. The number of carbonyl (C=O) groups is 2. The highest BCUT2D eigenvalue weighted by atomic mass is 31.2. The van der Waals surface area contributed by atoms with Crippen LogP contribution in [0.4, 0.5) is 0 Å². The fourth-order valence-electron chi connectivity index (χ4n) is 2.85. The third-order valence-electron chi connectivity index (χ3n) is 3.81. The summed E-state index contributed by atoms with van der Waals surface area (Å²) in [5.74, 6) is -3.45. The molecule has 0 aromatic heterocycles. The number of hydrazone groups is 1. The van der Waals surface area contributed by atoms with E-state index >= 15 is 0 Å². The maximum absolute atomic E-state index is 13.6. The van der Waals surface area contributed by atoms with Gasteiger partial charge in [0, 0.05) is 5.56 Å². The molecule has 0 fully saturated rings. The molecule has 0 aliphatic carbocycles. The van der Waals surface area contributed by atoms with Gasteiger partial charge in [-0.15, -0.1) is 0 Å². The first-order chi connectivity index (χ1) is 13.2. The van der Waals surface area contributed by atoms with Crippen LogP contribution in [0.3, 0.4) is 0 Å². The molecule has 1 aromatic rings. The van der Waals surface area contributed by atoms with Crippen molar-refractivity contribution in [1.29, 1.82) is 0 Å². The van der Waals surface area contributed by atoms with Gasteiger partial charge in [-0.25, -0.2) is 4.79 Å². The summed E-state index contributed by atoms with van der Waals surface area (Å²) in [7, 11) is -3.86. The van der Waals surface area contributed by atoms with Crippen LogP contribution in [0.15, 0.2) is 35.4 Å². The molecule has 9 heteroatoms. The van der Waals surface area contributed by atoms with Crippen molar-refractivity contribution in [2.45, 2.75) is 52.6 Å². The van der Waals surface area contributed by atoms with Crippen LogP contribution in [0.5, 0.6) is 0 Å². The average Bonchev–Trinajstić information content (AvgIpc) is 3.06. The van der Waals surface area contributed by atoms with E-state index in [1.165, 1.54) is 0 Å². The number of esters is 1. The van der Waals surface area contributed by atoms with Gasteiger partial charge < -0.3 is 13.8 Å². The normalized spacial score (nSPS) is 19.5. The Labute approximate surface area is 165 Å². The Morgan fingerprint density at radius 1 is 1.11 bits per heavy atom. The van der Waals surface area contributed by atoms with Gasteiger partial charge in [-0.2, -0.15) is 5.10 Å². The first kappa shape index (κ1) is 22.3. The number of ketones is 1. The summed E-state index contributed by atoms with van der Waals surface area (Å²) in [6.07, 6.45) is -0.851. The largest absolute Gasteiger partial charge is 0.461 e. The van der Waals surface area contributed by atoms with Crippen LogP contribution in [0, 0.1) is 5.92 Å². The second-order valence-electron chi connectivity index (χ2n) is 6.85. The molecular formula is C19H27N2O6P. The summed E-state index contributed by atoms with van der Waals surface area (Å²) in [6, 6.07) is 8.44. The Morgan fingerprint density at radius 2 is 1.68 bits per heavy atom. The van der Waals surface area contributed by atoms with Crippen LogP contribution in [0.1, 0.15) is 45.0 Å². The number of nitrogens with one attached hydrogen (secondary N) is 1. The predicted molar refractivity (Wildman–Crippen MR) is 105 cm³/mol. The van der Waals surface area contributed by atoms with Gasteiger partial charge in [-0.05, 0) is 34.6 Å². The second kappa shape index (κ2) is 9.45. The topological polar surface area (TPSA) is 103 Å². The number of carbonyl (C=O) groups excluding carboxylic acids is 2. The maximum Gasteiger partial charge on any atom is 0.355 e. The molecule has 0 radical (unpaired) electrons. The van der Waals surface area contributed by atoms with Crippen LogP contribution in [0.2, 0.25) is 0 Å². The zero-order valence-corrected chi connectivity index (χ0v) is 17.6. The number of benzene rings is 1. The minimum atomic E-state index is -3.86. The van der Waals surface area contributed by atoms with E-state index in [2.05, 4.69) is 10.5 Å². The molecule has 28 heavy (non-hydrogen) atoms. The first-order valence-electron chi connectivity index (χ1n) is 9.25. The van der Waals surface area contributed by atoms with Crippen molar-refractivity contribution in [3.05, 3.63) is 35.9 Å². The fourth-order valence-corrected chi connectivity index (χ4v) is 5.18. The number of ether oxygens (including phenoxy) is 1. The van der Waals surface area contributed by atoms with Crippen molar-refractivity contribution in [3.8, 4) is 0 Å². The highest BCUT2D eigenvalue weighted by molar-refractivity contribution is 7.54. The molecule has 0 amide bonds. The maximum atomic E-state index is 13.6. The van der Waals surface area contributed by atoms with Crippen molar-refractivity contribution < 1.29 is 27.9 Å². The molecule has 2 rings (SSSR count). The van der Waals surface area contributed by atoms with E-state index in [1.807, 2.05) is 0 Å². The molecule has 0 unspecified atom stereocenters. The van der Waals surface area contributed by atoms with Gasteiger partial charge in [0.2, 0.25) is 0 Å². The van der Waals surface area contributed by atoms with E-state index in [9.17, 15) is 14.2 Å². The summed E-state index contributed by atoms with van der Waals surface area (Å²) in [5.41, 5.74) is 2.87. The standard InChI is InChI=1S/C19H27N2O6P/c1-6-25-19(23)16-15(17(22)14-10-8-7-9-11-14)18(21-20-16)28(24,26-12(2)3)27-13(4)5/h7-13,15,18,21H,6H2,1-5H3/t15-,18-/m0/s1. The van der Waals surface area contributed by atoms with Crippen LogP contribution < -0.4 is 5.43 Å². The Bertz CT molecular complexity index is 764. The van der Waals surface area contributed by atoms with Crippen molar-refractivity contribution >= 4 is 25.1 Å². The smallest absolute Gasteiger partial charge is 0.355 e. The number of hydrogen-bond donors (Lipinski definition) is 1. The van der Waals surface area contributed by atoms with Gasteiger partial charge in [-0.1, -0.05) is 30.3 Å². The van der Waals surface area contributed by atoms with E-state index in [0.717, 1.165) is 0 Å². The lowest BCUT2D eigenvalue weighted by molar-refractivity contribution is -0.135. The lowest BCUT2D eigenvalue weighted by Crippen LogP contribution is -2.40. The molecule has 1 aromatic carbocycles. The van der Waals surface area contributed by atoms with Crippen molar-refractivity contribution in [2.24, 2.45) is 11.0 Å². The van der Waals surface area contributed by atoms with E-state index in [0.29, 0.717) is 5.56 Å². The monoisotopic (exact) mass is 410 g/mol. The molecule has 2 atom stereocenters. The van der Waals surface area contributed by atoms with Crippen LogP contribution in [0.25, 0.3) is 0 Å². The van der Waals surface area contributed by atoms with Crippen molar-refractivity contribution in [1.82, 2.24) is 5.43 Å². The van der Waals surface area contributed by atoms with Gasteiger partial charge in [-0.3, -0.25) is 14.8 Å². The molecule has 0 spiro atoms. The van der Waals surface area contributed by atoms with Gasteiger partial charge in [0.05, 0.1) is 18.8 Å². The highest BCUT2D eigenvalue weighted by Crippen LogP contribution is 2.57. The lowest BCUT2D eigenvalue weighted by atomic mass is 9.93. The summed E-state index contributed by atoms with van der Waals surface area (Å²) in [4.78, 5) is 25.6. The number of hydrogen-bond acceptors (Lipinski definition) is 8. The minimum Gasteiger partial charge on any atom is -0.461 e. The summed E-state index contributed by atoms with van der Waals surface area (Å²) in [5, 5.41) is 3.98. The van der Waals surface area contributed by atoms with E-state index < -0.39 is 43.3 Å². The molecule has 8 nitrogen and oxygen atoms in total. The average molecular weight is 410 g/mol. The number of rotatable bonds is 9. The summed E-state index contributed by atoms with van der Waals surface area (Å²) in [6.45, 7) is 8.64. The summed E-state index contributed by atoms with van der Waals surface area (Å²) < 4.78 is 29.9. The number of nitrogens with zero attached hydrogens (tertiary/aromatic N) is 1. The minimum absolute atomic E-state index is 0.122. The zero-order valence-electron chi connectivity index (χ0n) is 16.7.